The van der Waals surface area contributed by atoms with Gasteiger partial charge in [0.2, 0.25) is 0 Å². The second kappa shape index (κ2) is 10.5. The highest BCUT2D eigenvalue weighted by atomic mass is 16.5. The molecule has 0 saturated carbocycles. The van der Waals surface area contributed by atoms with Crippen molar-refractivity contribution in [2.75, 3.05) is 6.54 Å². The van der Waals surface area contributed by atoms with Crippen molar-refractivity contribution >= 4 is 5.78 Å². The topological polar surface area (TPSA) is 38.8 Å². The van der Waals surface area contributed by atoms with Gasteiger partial charge in [0.05, 0.1) is 25.4 Å². The van der Waals surface area contributed by atoms with Crippen molar-refractivity contribution in [3.05, 3.63) is 108 Å². The summed E-state index contributed by atoms with van der Waals surface area (Å²) in [5.41, 5.74) is 3.39. The molecule has 3 aromatic rings. The molecule has 1 saturated heterocycles. The van der Waals surface area contributed by atoms with Crippen molar-refractivity contribution in [1.29, 1.82) is 0 Å². The first-order valence-corrected chi connectivity index (χ1v) is 10.8. The molecule has 0 N–H and O–H groups in total. The Labute approximate surface area is 184 Å². The summed E-state index contributed by atoms with van der Waals surface area (Å²) in [6.07, 6.45) is -0.494. The summed E-state index contributed by atoms with van der Waals surface area (Å²) in [5.74, 6) is 0.111. The van der Waals surface area contributed by atoms with Gasteiger partial charge < -0.3 is 9.47 Å². The summed E-state index contributed by atoms with van der Waals surface area (Å²) in [7, 11) is 0. The first-order valence-electron chi connectivity index (χ1n) is 10.8. The van der Waals surface area contributed by atoms with Crippen LogP contribution in [0.25, 0.3) is 0 Å². The maximum Gasteiger partial charge on any atom is 0.149 e. The quantitative estimate of drug-likeness (QED) is 0.511. The molecule has 0 amide bonds. The number of ether oxygens (including phenoxy) is 2. The predicted molar refractivity (Wildman–Crippen MR) is 121 cm³/mol. The maximum absolute atomic E-state index is 12.7. The van der Waals surface area contributed by atoms with Gasteiger partial charge in [-0.05, 0) is 23.6 Å². The number of hydrogen-bond acceptors (Lipinski definition) is 4. The highest BCUT2D eigenvalue weighted by molar-refractivity contribution is 5.82. The van der Waals surface area contributed by atoms with Crippen LogP contribution in [0.5, 0.6) is 0 Å². The van der Waals surface area contributed by atoms with Gasteiger partial charge in [-0.3, -0.25) is 9.69 Å². The first-order chi connectivity index (χ1) is 15.2. The molecule has 3 aromatic carbocycles. The fraction of sp³-hybridized carbons (Fsp3) is 0.296. The van der Waals surface area contributed by atoms with Crippen molar-refractivity contribution in [3.63, 3.8) is 0 Å². The van der Waals surface area contributed by atoms with E-state index >= 15 is 0 Å². The Balaban J connectivity index is 1.52. The van der Waals surface area contributed by atoms with Crippen molar-refractivity contribution in [3.8, 4) is 0 Å². The zero-order valence-electron chi connectivity index (χ0n) is 17.9. The molecule has 0 aromatic heterocycles. The van der Waals surface area contributed by atoms with Gasteiger partial charge in [-0.2, -0.15) is 0 Å². The van der Waals surface area contributed by atoms with Crippen LogP contribution in [0.15, 0.2) is 91.0 Å². The van der Waals surface area contributed by atoms with E-state index in [4.69, 9.17) is 9.47 Å². The SMILES string of the molecule is CC(=O)C1[C@@H](OCc2ccccc2)[C@H](OCc2ccccc2)CN1Cc1ccccc1. The molecule has 31 heavy (non-hydrogen) atoms. The number of carbonyl (C=O) groups is 1. The molecule has 4 rings (SSSR count). The fourth-order valence-corrected chi connectivity index (χ4v) is 4.22. The van der Waals surface area contributed by atoms with Crippen molar-refractivity contribution in [1.82, 2.24) is 4.90 Å². The van der Waals surface area contributed by atoms with Gasteiger partial charge in [-0.25, -0.2) is 0 Å². The van der Waals surface area contributed by atoms with Crippen molar-refractivity contribution < 1.29 is 14.3 Å². The van der Waals surface area contributed by atoms with E-state index in [9.17, 15) is 4.79 Å². The molecule has 0 radical (unpaired) electrons. The highest BCUT2D eigenvalue weighted by Crippen LogP contribution is 2.28. The standard InChI is InChI=1S/C27H29NO3/c1-21(29)26-27(31-20-24-15-9-4-10-16-24)25(30-19-23-13-7-3-8-14-23)18-28(26)17-22-11-5-2-6-12-22/h2-16,25-27H,17-20H2,1H3/t25-,26?,27+/m1/s1. The minimum atomic E-state index is -0.329. The third kappa shape index (κ3) is 5.67. The number of ketones is 1. The predicted octanol–water partition coefficient (Wildman–Crippen LogP) is 4.63. The molecule has 1 heterocycles. The van der Waals surface area contributed by atoms with Gasteiger partial charge in [0.1, 0.15) is 11.9 Å². The highest BCUT2D eigenvalue weighted by Gasteiger charge is 2.45. The second-order valence-electron chi connectivity index (χ2n) is 8.07. The lowest BCUT2D eigenvalue weighted by Crippen LogP contribution is -2.43. The van der Waals surface area contributed by atoms with Gasteiger partial charge in [-0.1, -0.05) is 91.0 Å². The summed E-state index contributed by atoms with van der Waals surface area (Å²) in [6.45, 7) is 3.97. The number of rotatable bonds is 9. The van der Waals surface area contributed by atoms with E-state index < -0.39 is 0 Å². The average Bonchev–Trinajstić information content (AvgIpc) is 3.15. The van der Waals surface area contributed by atoms with Crippen LogP contribution in [-0.2, 0) is 34.0 Å². The third-order valence-electron chi connectivity index (χ3n) is 5.72. The molecule has 4 nitrogen and oxygen atoms in total. The molecular formula is C27H29NO3. The van der Waals surface area contributed by atoms with Crippen molar-refractivity contribution in [2.24, 2.45) is 0 Å². The largest absolute Gasteiger partial charge is 0.369 e. The Bertz CT molecular complexity index is 946. The number of carbonyl (C=O) groups excluding carboxylic acids is 1. The van der Waals surface area contributed by atoms with Gasteiger partial charge in [-0.15, -0.1) is 0 Å². The molecule has 0 bridgehead atoms. The Hall–Kier alpha value is -2.79. The summed E-state index contributed by atoms with van der Waals surface area (Å²) >= 11 is 0. The lowest BCUT2D eigenvalue weighted by atomic mass is 10.1. The van der Waals surface area contributed by atoms with E-state index in [2.05, 4.69) is 29.2 Å². The Morgan fingerprint density at radius 1 is 0.774 bits per heavy atom. The average molecular weight is 416 g/mol. The van der Waals surface area contributed by atoms with E-state index in [1.54, 1.807) is 6.92 Å². The number of nitrogens with zero attached hydrogens (tertiary/aromatic N) is 1. The smallest absolute Gasteiger partial charge is 0.149 e. The molecular weight excluding hydrogens is 386 g/mol. The van der Waals surface area contributed by atoms with Gasteiger partial charge in [0.25, 0.3) is 0 Å². The second-order valence-corrected chi connectivity index (χ2v) is 8.07. The van der Waals surface area contributed by atoms with Gasteiger partial charge in [0, 0.05) is 13.1 Å². The molecule has 1 unspecified atom stereocenters. The normalized spacial score (nSPS) is 21.3. The summed E-state index contributed by atoms with van der Waals surface area (Å²) in [5, 5.41) is 0. The van der Waals surface area contributed by atoms with E-state index in [0.717, 1.165) is 11.1 Å². The summed E-state index contributed by atoms with van der Waals surface area (Å²) in [4.78, 5) is 14.9. The van der Waals surface area contributed by atoms with Crippen LogP contribution < -0.4 is 0 Å². The van der Waals surface area contributed by atoms with E-state index in [1.807, 2.05) is 66.7 Å². The monoisotopic (exact) mass is 415 g/mol. The van der Waals surface area contributed by atoms with Crippen molar-refractivity contribution in [2.45, 2.75) is 44.9 Å². The molecule has 1 aliphatic rings. The molecule has 0 aliphatic carbocycles. The molecule has 0 spiro atoms. The minimum Gasteiger partial charge on any atom is -0.369 e. The van der Waals surface area contributed by atoms with Gasteiger partial charge >= 0.3 is 0 Å². The third-order valence-corrected chi connectivity index (χ3v) is 5.72. The van der Waals surface area contributed by atoms with Gasteiger partial charge in [0.15, 0.2) is 0 Å². The van der Waals surface area contributed by atoms with Crippen LogP contribution in [0, 0.1) is 0 Å². The molecule has 160 valence electrons. The van der Waals surface area contributed by atoms with Crippen LogP contribution in [0.1, 0.15) is 23.6 Å². The van der Waals surface area contributed by atoms with E-state index in [0.29, 0.717) is 26.3 Å². The lowest BCUT2D eigenvalue weighted by Gasteiger charge is -2.26. The molecule has 3 atom stereocenters. The van der Waals surface area contributed by atoms with Crippen LogP contribution in [0.3, 0.4) is 0 Å². The fourth-order valence-electron chi connectivity index (χ4n) is 4.22. The molecule has 1 aliphatic heterocycles. The zero-order chi connectivity index (χ0) is 21.5. The number of hydrogen-bond donors (Lipinski definition) is 0. The van der Waals surface area contributed by atoms with Crippen LogP contribution in [0.2, 0.25) is 0 Å². The van der Waals surface area contributed by atoms with E-state index in [-0.39, 0.29) is 24.0 Å². The minimum absolute atomic E-state index is 0.111. The summed E-state index contributed by atoms with van der Waals surface area (Å²) < 4.78 is 12.7. The van der Waals surface area contributed by atoms with E-state index in [1.165, 1.54) is 5.56 Å². The Morgan fingerprint density at radius 3 is 1.77 bits per heavy atom. The Morgan fingerprint density at radius 2 is 1.26 bits per heavy atom. The molecule has 1 fully saturated rings. The summed E-state index contributed by atoms with van der Waals surface area (Å²) in [6, 6.07) is 30.1. The number of Topliss-reactive ketones (excluding diaryl/α,β-unsaturated/α-hetero) is 1. The zero-order valence-corrected chi connectivity index (χ0v) is 17.9. The molecule has 4 heteroatoms. The van der Waals surface area contributed by atoms with Crippen LogP contribution >= 0.6 is 0 Å². The number of benzene rings is 3. The lowest BCUT2D eigenvalue weighted by molar-refractivity contribution is -0.128. The Kier molecular flexibility index (Phi) is 7.26. The number of likely N-dealkylation sites (tertiary alicyclic amines) is 1. The van der Waals surface area contributed by atoms with Crippen LogP contribution in [-0.4, -0.2) is 35.5 Å². The first kappa shape index (κ1) is 21.4. The maximum atomic E-state index is 12.7. The van der Waals surface area contributed by atoms with Crippen LogP contribution in [0.4, 0.5) is 0 Å².